The number of hydrogen-bond acceptors (Lipinski definition) is 3. The summed E-state index contributed by atoms with van der Waals surface area (Å²) in [5.74, 6) is -0.825. The van der Waals surface area contributed by atoms with Crippen LogP contribution >= 0.6 is 0 Å². The zero-order chi connectivity index (χ0) is 17.1. The fourth-order valence-corrected chi connectivity index (χ4v) is 2.13. The van der Waals surface area contributed by atoms with Gasteiger partial charge in [-0.25, -0.2) is 0 Å². The SMILES string of the molecule is CC/C(=C\c1ccccc1)CN[C@@H](CCCN=C(N)N)C(=O)O. The lowest BCUT2D eigenvalue weighted by molar-refractivity contribution is -0.139. The molecule has 6 N–H and O–H groups in total. The van der Waals surface area contributed by atoms with Crippen LogP contribution in [0.1, 0.15) is 31.7 Å². The fraction of sp³-hybridized carbons (Fsp3) is 0.412. The van der Waals surface area contributed by atoms with E-state index in [4.69, 9.17) is 11.5 Å². The lowest BCUT2D eigenvalue weighted by atomic mass is 10.1. The number of carboxylic acids is 1. The van der Waals surface area contributed by atoms with Gasteiger partial charge in [0.15, 0.2) is 5.96 Å². The molecule has 1 rings (SSSR count). The third-order valence-corrected chi connectivity index (χ3v) is 3.44. The topological polar surface area (TPSA) is 114 Å². The maximum Gasteiger partial charge on any atom is 0.320 e. The van der Waals surface area contributed by atoms with Gasteiger partial charge in [-0.1, -0.05) is 48.9 Å². The Hall–Kier alpha value is -2.34. The molecule has 0 aliphatic heterocycles. The van der Waals surface area contributed by atoms with E-state index in [1.165, 1.54) is 0 Å². The summed E-state index contributed by atoms with van der Waals surface area (Å²) in [6, 6.07) is 9.39. The molecule has 0 spiro atoms. The molecule has 0 aliphatic carbocycles. The molecule has 1 aromatic rings. The molecular formula is C17H26N4O2. The zero-order valence-corrected chi connectivity index (χ0v) is 13.5. The van der Waals surface area contributed by atoms with Crippen LogP contribution in [-0.2, 0) is 4.79 Å². The Kier molecular flexibility index (Phi) is 8.46. The van der Waals surface area contributed by atoms with Crippen molar-refractivity contribution in [2.24, 2.45) is 16.5 Å². The van der Waals surface area contributed by atoms with E-state index >= 15 is 0 Å². The number of carbonyl (C=O) groups is 1. The average molecular weight is 318 g/mol. The van der Waals surface area contributed by atoms with Gasteiger partial charge in [0.25, 0.3) is 0 Å². The Labute approximate surface area is 137 Å². The largest absolute Gasteiger partial charge is 0.480 e. The fourth-order valence-electron chi connectivity index (χ4n) is 2.13. The highest BCUT2D eigenvalue weighted by molar-refractivity contribution is 5.75. The molecule has 0 saturated heterocycles. The van der Waals surface area contributed by atoms with Gasteiger partial charge in [0.2, 0.25) is 0 Å². The van der Waals surface area contributed by atoms with Gasteiger partial charge in [0.05, 0.1) is 0 Å². The van der Waals surface area contributed by atoms with E-state index in [-0.39, 0.29) is 5.96 Å². The first-order valence-corrected chi connectivity index (χ1v) is 7.79. The molecule has 0 amide bonds. The second kappa shape index (κ2) is 10.4. The van der Waals surface area contributed by atoms with Crippen LogP contribution in [0.15, 0.2) is 40.9 Å². The molecule has 1 atom stereocenters. The lowest BCUT2D eigenvalue weighted by Crippen LogP contribution is -2.37. The van der Waals surface area contributed by atoms with Gasteiger partial charge in [0.1, 0.15) is 6.04 Å². The van der Waals surface area contributed by atoms with Gasteiger partial charge in [-0.05, 0) is 24.8 Å². The summed E-state index contributed by atoms with van der Waals surface area (Å²) in [7, 11) is 0. The van der Waals surface area contributed by atoms with Crippen LogP contribution in [0.3, 0.4) is 0 Å². The van der Waals surface area contributed by atoms with Crippen LogP contribution in [-0.4, -0.2) is 36.2 Å². The number of rotatable bonds is 10. The van der Waals surface area contributed by atoms with E-state index in [0.717, 1.165) is 17.6 Å². The second-order valence-electron chi connectivity index (χ2n) is 5.29. The number of carboxylic acid groups (broad SMARTS) is 1. The normalized spacial score (nSPS) is 12.7. The number of nitrogens with zero attached hydrogens (tertiary/aromatic N) is 1. The molecular weight excluding hydrogens is 292 g/mol. The van der Waals surface area contributed by atoms with E-state index in [2.05, 4.69) is 23.3 Å². The van der Waals surface area contributed by atoms with Gasteiger partial charge in [-0.15, -0.1) is 0 Å². The van der Waals surface area contributed by atoms with Crippen molar-refractivity contribution < 1.29 is 9.90 Å². The van der Waals surface area contributed by atoms with Gasteiger partial charge in [0, 0.05) is 13.1 Å². The molecule has 1 aromatic carbocycles. The first kappa shape index (κ1) is 18.7. The number of aliphatic imine (C=N–C) groups is 1. The van der Waals surface area contributed by atoms with Crippen molar-refractivity contribution in [3.8, 4) is 0 Å². The van der Waals surface area contributed by atoms with Crippen LogP contribution in [0.25, 0.3) is 6.08 Å². The smallest absolute Gasteiger partial charge is 0.320 e. The number of benzene rings is 1. The predicted octanol–water partition coefficient (Wildman–Crippen LogP) is 1.58. The summed E-state index contributed by atoms with van der Waals surface area (Å²) in [6.45, 7) is 3.05. The number of nitrogens with two attached hydrogens (primary N) is 2. The summed E-state index contributed by atoms with van der Waals surface area (Å²) in [6.07, 6.45) is 4.05. The van der Waals surface area contributed by atoms with E-state index in [1.54, 1.807) is 0 Å². The van der Waals surface area contributed by atoms with Crippen LogP contribution in [0.5, 0.6) is 0 Å². The van der Waals surface area contributed by atoms with E-state index < -0.39 is 12.0 Å². The van der Waals surface area contributed by atoms with Gasteiger partial charge in [-0.2, -0.15) is 0 Å². The van der Waals surface area contributed by atoms with Crippen LogP contribution in [0, 0.1) is 0 Å². The Morgan fingerprint density at radius 1 is 1.35 bits per heavy atom. The molecule has 0 heterocycles. The first-order chi connectivity index (χ1) is 11.0. The molecule has 0 radical (unpaired) electrons. The second-order valence-corrected chi connectivity index (χ2v) is 5.29. The monoisotopic (exact) mass is 318 g/mol. The average Bonchev–Trinajstić information content (AvgIpc) is 2.53. The lowest BCUT2D eigenvalue weighted by Gasteiger charge is -2.15. The van der Waals surface area contributed by atoms with E-state index in [9.17, 15) is 9.90 Å². The minimum Gasteiger partial charge on any atom is -0.480 e. The molecule has 6 heteroatoms. The van der Waals surface area contributed by atoms with Crippen LogP contribution in [0.4, 0.5) is 0 Å². The molecule has 0 bridgehead atoms. The maximum absolute atomic E-state index is 11.3. The van der Waals surface area contributed by atoms with Crippen LogP contribution in [0.2, 0.25) is 0 Å². The van der Waals surface area contributed by atoms with Crippen molar-refractivity contribution in [2.75, 3.05) is 13.1 Å². The van der Waals surface area contributed by atoms with Gasteiger partial charge >= 0.3 is 5.97 Å². The van der Waals surface area contributed by atoms with Crippen molar-refractivity contribution in [2.45, 2.75) is 32.2 Å². The molecule has 6 nitrogen and oxygen atoms in total. The molecule has 0 aliphatic rings. The molecule has 23 heavy (non-hydrogen) atoms. The quantitative estimate of drug-likeness (QED) is 0.297. The van der Waals surface area contributed by atoms with Crippen molar-refractivity contribution >= 4 is 18.0 Å². The Bertz CT molecular complexity index is 537. The molecule has 126 valence electrons. The Morgan fingerprint density at radius 3 is 2.61 bits per heavy atom. The molecule has 0 fully saturated rings. The highest BCUT2D eigenvalue weighted by atomic mass is 16.4. The summed E-state index contributed by atoms with van der Waals surface area (Å²) in [5.41, 5.74) is 12.8. The summed E-state index contributed by atoms with van der Waals surface area (Å²) in [5, 5.41) is 12.4. The Morgan fingerprint density at radius 2 is 2.04 bits per heavy atom. The highest BCUT2D eigenvalue weighted by Gasteiger charge is 2.16. The number of nitrogens with one attached hydrogen (secondary N) is 1. The van der Waals surface area contributed by atoms with Crippen LogP contribution < -0.4 is 16.8 Å². The Balaban J connectivity index is 2.54. The third-order valence-electron chi connectivity index (χ3n) is 3.44. The zero-order valence-electron chi connectivity index (χ0n) is 13.5. The van der Waals surface area contributed by atoms with Gasteiger partial charge < -0.3 is 21.9 Å². The minimum absolute atomic E-state index is 0.0314. The number of hydrogen-bond donors (Lipinski definition) is 4. The summed E-state index contributed by atoms with van der Waals surface area (Å²) < 4.78 is 0. The molecule has 0 saturated carbocycles. The highest BCUT2D eigenvalue weighted by Crippen LogP contribution is 2.09. The standard InChI is InChI=1S/C17H26N4O2/c1-2-13(11-14-7-4-3-5-8-14)12-21-15(16(22)23)9-6-10-20-17(18)19/h3-5,7-8,11,15,21H,2,6,9-10,12H2,1H3,(H,22,23)(H4,18,19,20)/b13-11+/t15-/m0/s1. The number of aliphatic carboxylic acids is 1. The van der Waals surface area contributed by atoms with Crippen molar-refractivity contribution in [3.63, 3.8) is 0 Å². The summed E-state index contributed by atoms with van der Waals surface area (Å²) in [4.78, 5) is 15.2. The van der Waals surface area contributed by atoms with Crippen molar-refractivity contribution in [1.29, 1.82) is 0 Å². The number of guanidine groups is 1. The third kappa shape index (κ3) is 8.01. The maximum atomic E-state index is 11.3. The van der Waals surface area contributed by atoms with E-state index in [1.807, 2.05) is 30.3 Å². The molecule has 0 unspecified atom stereocenters. The van der Waals surface area contributed by atoms with Crippen molar-refractivity contribution in [1.82, 2.24) is 5.32 Å². The predicted molar refractivity (Wildman–Crippen MR) is 94.0 cm³/mol. The van der Waals surface area contributed by atoms with Gasteiger partial charge in [-0.3, -0.25) is 9.79 Å². The van der Waals surface area contributed by atoms with E-state index in [0.29, 0.717) is 25.9 Å². The van der Waals surface area contributed by atoms with Crippen molar-refractivity contribution in [3.05, 3.63) is 41.5 Å². The minimum atomic E-state index is -0.857. The summed E-state index contributed by atoms with van der Waals surface area (Å²) >= 11 is 0. The molecule has 0 aromatic heterocycles. The first-order valence-electron chi connectivity index (χ1n) is 7.79.